The third kappa shape index (κ3) is 4.07. The summed E-state index contributed by atoms with van der Waals surface area (Å²) < 4.78 is 39.1. The molecule has 0 amide bonds. The molecule has 3 nitrogen and oxygen atoms in total. The Morgan fingerprint density at radius 3 is 2.57 bits per heavy atom. The Labute approximate surface area is 137 Å². The van der Waals surface area contributed by atoms with Crippen LogP contribution < -0.4 is 0 Å². The van der Waals surface area contributed by atoms with Crippen molar-refractivity contribution in [1.82, 2.24) is 15.0 Å². The molecule has 0 bridgehead atoms. The number of rotatable bonds is 4. The molecule has 124 valence electrons. The summed E-state index contributed by atoms with van der Waals surface area (Å²) in [6.07, 6.45) is 1.64. The van der Waals surface area contributed by atoms with E-state index in [0.29, 0.717) is 35.8 Å². The van der Waals surface area contributed by atoms with Crippen LogP contribution in [0.3, 0.4) is 0 Å². The fourth-order valence-electron chi connectivity index (χ4n) is 2.90. The number of nitrogens with zero attached hydrogens (tertiary/aromatic N) is 3. The van der Waals surface area contributed by atoms with Crippen LogP contribution in [-0.4, -0.2) is 20.9 Å². The molecule has 0 aromatic carbocycles. The smallest absolute Gasteiger partial charge is 0.244 e. The number of thiazole rings is 1. The van der Waals surface area contributed by atoms with Crippen molar-refractivity contribution >= 4 is 11.3 Å². The summed E-state index contributed by atoms with van der Waals surface area (Å²) in [6, 6.07) is 1.89. The van der Waals surface area contributed by atoms with Gasteiger partial charge in [0, 0.05) is 29.6 Å². The molecule has 0 unspecified atom stereocenters. The largest absolute Gasteiger partial charge is 0.248 e. The minimum atomic E-state index is -2.51. The molecule has 0 aliphatic heterocycles. The highest BCUT2D eigenvalue weighted by Gasteiger charge is 2.34. The van der Waals surface area contributed by atoms with Gasteiger partial charge in [-0.15, -0.1) is 11.3 Å². The fourth-order valence-corrected chi connectivity index (χ4v) is 3.63. The molecule has 7 heteroatoms. The van der Waals surface area contributed by atoms with Crippen molar-refractivity contribution in [1.29, 1.82) is 0 Å². The number of halogens is 3. The van der Waals surface area contributed by atoms with Gasteiger partial charge in [0.15, 0.2) is 10.8 Å². The first-order valence-corrected chi connectivity index (χ1v) is 8.56. The molecule has 0 radical (unpaired) electrons. The average molecular weight is 341 g/mol. The summed E-state index contributed by atoms with van der Waals surface area (Å²) in [4.78, 5) is 13.0. The van der Waals surface area contributed by atoms with Crippen LogP contribution in [0.2, 0.25) is 0 Å². The quantitative estimate of drug-likeness (QED) is 0.806. The summed E-state index contributed by atoms with van der Waals surface area (Å²) in [7, 11) is 0. The maximum absolute atomic E-state index is 13.2. The van der Waals surface area contributed by atoms with Crippen LogP contribution in [0.25, 0.3) is 10.8 Å². The van der Waals surface area contributed by atoms with E-state index in [0.717, 1.165) is 11.4 Å². The van der Waals surface area contributed by atoms with Gasteiger partial charge in [0.25, 0.3) is 0 Å². The van der Waals surface area contributed by atoms with Crippen LogP contribution in [0.15, 0.2) is 11.4 Å². The molecule has 2 aromatic rings. The Balaban J connectivity index is 1.75. The summed E-state index contributed by atoms with van der Waals surface area (Å²) in [5.41, 5.74) is 2.04. The van der Waals surface area contributed by atoms with Gasteiger partial charge in [-0.2, -0.15) is 0 Å². The van der Waals surface area contributed by atoms with Crippen LogP contribution in [-0.2, 0) is 13.1 Å². The van der Waals surface area contributed by atoms with E-state index in [2.05, 4.69) is 15.0 Å². The van der Waals surface area contributed by atoms with Gasteiger partial charge >= 0.3 is 0 Å². The molecule has 1 aliphatic rings. The Morgan fingerprint density at radius 1 is 1.17 bits per heavy atom. The zero-order valence-electron chi connectivity index (χ0n) is 12.9. The Bertz CT molecular complexity index is 677. The zero-order chi connectivity index (χ0) is 16.4. The van der Waals surface area contributed by atoms with Crippen LogP contribution >= 0.6 is 11.3 Å². The molecular formula is C16H18F3N3S. The fraction of sp³-hybridized carbons (Fsp3) is 0.562. The second-order valence-electron chi connectivity index (χ2n) is 6.11. The first-order valence-electron chi connectivity index (χ1n) is 7.68. The maximum atomic E-state index is 13.2. The van der Waals surface area contributed by atoms with Gasteiger partial charge < -0.3 is 0 Å². The lowest BCUT2D eigenvalue weighted by Crippen LogP contribution is -2.25. The highest BCUT2D eigenvalue weighted by Crippen LogP contribution is 2.37. The van der Waals surface area contributed by atoms with Gasteiger partial charge in [-0.3, -0.25) is 0 Å². The van der Waals surface area contributed by atoms with Crippen LogP contribution in [0.4, 0.5) is 13.2 Å². The number of hydrogen-bond donors (Lipinski definition) is 0. The predicted molar refractivity (Wildman–Crippen MR) is 83.3 cm³/mol. The van der Waals surface area contributed by atoms with Gasteiger partial charge in [-0.25, -0.2) is 28.1 Å². The Morgan fingerprint density at radius 2 is 1.91 bits per heavy atom. The molecule has 0 saturated heterocycles. The lowest BCUT2D eigenvalue weighted by atomic mass is 9.84. The summed E-state index contributed by atoms with van der Waals surface area (Å²) in [5.74, 6) is -1.78. The summed E-state index contributed by atoms with van der Waals surface area (Å²) >= 11 is 1.32. The molecular weight excluding hydrogens is 323 g/mol. The second kappa shape index (κ2) is 6.55. The molecule has 3 rings (SSSR count). The molecule has 1 fully saturated rings. The number of aromatic nitrogens is 3. The van der Waals surface area contributed by atoms with Crippen molar-refractivity contribution in [2.75, 3.05) is 0 Å². The van der Waals surface area contributed by atoms with E-state index in [1.807, 2.05) is 13.0 Å². The van der Waals surface area contributed by atoms with Crippen molar-refractivity contribution in [3.05, 3.63) is 28.5 Å². The molecule has 2 heterocycles. The highest BCUT2D eigenvalue weighted by atomic mass is 32.1. The monoisotopic (exact) mass is 341 g/mol. The van der Waals surface area contributed by atoms with Gasteiger partial charge in [-0.1, -0.05) is 0 Å². The molecule has 0 atom stereocenters. The lowest BCUT2D eigenvalue weighted by Gasteiger charge is -2.28. The van der Waals surface area contributed by atoms with Crippen molar-refractivity contribution in [2.24, 2.45) is 5.92 Å². The molecule has 0 spiro atoms. The second-order valence-corrected chi connectivity index (χ2v) is 6.96. The topological polar surface area (TPSA) is 38.7 Å². The first kappa shape index (κ1) is 16.4. The van der Waals surface area contributed by atoms with Gasteiger partial charge in [0.1, 0.15) is 6.67 Å². The van der Waals surface area contributed by atoms with E-state index >= 15 is 0 Å². The third-order valence-electron chi connectivity index (χ3n) is 4.12. The van der Waals surface area contributed by atoms with Crippen LogP contribution in [0.1, 0.15) is 42.8 Å². The lowest BCUT2D eigenvalue weighted by molar-refractivity contribution is -0.0457. The molecule has 0 N–H and O–H groups in total. The van der Waals surface area contributed by atoms with Crippen molar-refractivity contribution in [2.45, 2.75) is 51.6 Å². The number of alkyl halides is 3. The average Bonchev–Trinajstić information content (AvgIpc) is 2.98. The van der Waals surface area contributed by atoms with E-state index in [1.165, 1.54) is 11.3 Å². The van der Waals surface area contributed by atoms with E-state index < -0.39 is 12.6 Å². The first-order chi connectivity index (χ1) is 10.9. The van der Waals surface area contributed by atoms with E-state index in [9.17, 15) is 13.2 Å². The van der Waals surface area contributed by atoms with Crippen molar-refractivity contribution in [3.8, 4) is 10.8 Å². The third-order valence-corrected chi connectivity index (χ3v) is 5.01. The Kier molecular flexibility index (Phi) is 4.66. The number of hydrogen-bond acceptors (Lipinski definition) is 4. The maximum Gasteiger partial charge on any atom is 0.248 e. The van der Waals surface area contributed by atoms with Crippen molar-refractivity contribution in [3.63, 3.8) is 0 Å². The minimum Gasteiger partial charge on any atom is -0.244 e. The molecule has 23 heavy (non-hydrogen) atoms. The Hall–Kier alpha value is -1.50. The van der Waals surface area contributed by atoms with Gasteiger partial charge in [0.2, 0.25) is 5.92 Å². The van der Waals surface area contributed by atoms with Gasteiger partial charge in [-0.05, 0) is 38.2 Å². The predicted octanol–water partition coefficient (Wildman–Crippen LogP) is 4.75. The van der Waals surface area contributed by atoms with Crippen LogP contribution in [0.5, 0.6) is 0 Å². The van der Waals surface area contributed by atoms with Crippen LogP contribution in [0, 0.1) is 12.8 Å². The molecule has 1 aliphatic carbocycles. The molecule has 2 aromatic heterocycles. The van der Waals surface area contributed by atoms with E-state index in [-0.39, 0.29) is 18.8 Å². The minimum absolute atomic E-state index is 0.0407. The van der Waals surface area contributed by atoms with Gasteiger partial charge in [0.05, 0.1) is 5.69 Å². The summed E-state index contributed by atoms with van der Waals surface area (Å²) in [5, 5.41) is 2.25. The molecule has 1 saturated carbocycles. The zero-order valence-corrected chi connectivity index (χ0v) is 13.7. The van der Waals surface area contributed by atoms with E-state index in [1.54, 1.807) is 5.38 Å². The van der Waals surface area contributed by atoms with Crippen molar-refractivity contribution < 1.29 is 13.2 Å². The SMILES string of the molecule is Cc1cc(CC2CCC(F)(F)CC2)nc(-c2nc(CF)cs2)n1. The van der Waals surface area contributed by atoms with E-state index in [4.69, 9.17) is 0 Å². The standard InChI is InChI=1S/C16H18F3N3S/c1-10-6-12(7-11-2-4-16(18,19)5-3-11)21-14(20-10)15-22-13(8-17)9-23-15/h6,9,11H,2-5,7-8H2,1H3. The number of aryl methyl sites for hydroxylation is 1. The highest BCUT2D eigenvalue weighted by molar-refractivity contribution is 7.13. The normalized spacial score (nSPS) is 18.3. The summed E-state index contributed by atoms with van der Waals surface area (Å²) in [6.45, 7) is 1.26.